The molecule has 1 aliphatic rings. The molecule has 0 fully saturated rings. The topological polar surface area (TPSA) is 50.3 Å². The number of aromatic nitrogens is 1. The molecule has 0 radical (unpaired) electrons. The van der Waals surface area contributed by atoms with Crippen molar-refractivity contribution in [2.24, 2.45) is 0 Å². The van der Waals surface area contributed by atoms with E-state index in [-0.39, 0.29) is 6.15 Å². The van der Waals surface area contributed by atoms with Gasteiger partial charge in [-0.2, -0.15) is 9.59 Å². The Hall–Kier alpha value is -1.03. The number of likely N-dealkylation sites (N-methyl/N-ethyl adjacent to an activating group) is 1. The summed E-state index contributed by atoms with van der Waals surface area (Å²) in [7, 11) is 0. The molecular formula is C11H16N2O2S. The molecule has 2 rings (SSSR count). The van der Waals surface area contributed by atoms with Gasteiger partial charge in [-0.25, -0.2) is 4.98 Å². The average Bonchev–Trinajstić information content (AvgIpc) is 2.62. The largest absolute Gasteiger partial charge is 0.373 e. The normalized spacial score (nSPS) is 17.9. The second kappa shape index (κ2) is 5.34. The van der Waals surface area contributed by atoms with Crippen LogP contribution in [0.5, 0.6) is 0 Å². The van der Waals surface area contributed by atoms with E-state index in [0.29, 0.717) is 5.54 Å². The molecule has 0 spiro atoms. The summed E-state index contributed by atoms with van der Waals surface area (Å²) in [6.45, 7) is 9.00. The van der Waals surface area contributed by atoms with Crippen molar-refractivity contribution in [1.82, 2.24) is 9.88 Å². The SMILES string of the molecule is CCN1Cc2ncsc2CC1(C)C.O=C=O. The minimum Gasteiger partial charge on any atom is -0.292 e. The van der Waals surface area contributed by atoms with E-state index in [2.05, 4.69) is 30.7 Å². The standard InChI is InChI=1S/C10H16N2S.CO2/c1-4-12-6-8-9(13-7-11-8)5-10(12,2)3;2-1-3/h7H,4-6H2,1-3H3;. The van der Waals surface area contributed by atoms with Gasteiger partial charge in [-0.3, -0.25) is 4.90 Å². The quantitative estimate of drug-likeness (QED) is 0.750. The number of fused-ring (bicyclic) bond motifs is 1. The van der Waals surface area contributed by atoms with Gasteiger partial charge >= 0.3 is 6.15 Å². The van der Waals surface area contributed by atoms with E-state index in [4.69, 9.17) is 9.59 Å². The zero-order valence-corrected chi connectivity index (χ0v) is 10.6. The zero-order valence-electron chi connectivity index (χ0n) is 9.82. The summed E-state index contributed by atoms with van der Waals surface area (Å²) in [5, 5.41) is 0. The van der Waals surface area contributed by atoms with E-state index in [1.54, 1.807) is 11.3 Å². The molecule has 1 aromatic heterocycles. The predicted molar refractivity (Wildman–Crippen MR) is 61.0 cm³/mol. The fourth-order valence-electron chi connectivity index (χ4n) is 2.01. The first kappa shape index (κ1) is 13.0. The molecule has 0 aliphatic carbocycles. The molecular weight excluding hydrogens is 224 g/mol. The number of rotatable bonds is 1. The van der Waals surface area contributed by atoms with Crippen molar-refractivity contribution in [2.75, 3.05) is 6.54 Å². The van der Waals surface area contributed by atoms with Gasteiger partial charge in [0.05, 0.1) is 11.2 Å². The van der Waals surface area contributed by atoms with E-state index >= 15 is 0 Å². The molecule has 0 atom stereocenters. The monoisotopic (exact) mass is 240 g/mol. The highest BCUT2D eigenvalue weighted by Gasteiger charge is 2.32. The Balaban J connectivity index is 0.000000386. The van der Waals surface area contributed by atoms with Crippen molar-refractivity contribution in [2.45, 2.75) is 39.3 Å². The summed E-state index contributed by atoms with van der Waals surface area (Å²) >= 11 is 1.80. The van der Waals surface area contributed by atoms with Crippen molar-refractivity contribution in [1.29, 1.82) is 0 Å². The number of hydrogen-bond donors (Lipinski definition) is 0. The third-order valence-electron chi connectivity index (χ3n) is 2.90. The van der Waals surface area contributed by atoms with E-state index in [1.165, 1.54) is 10.6 Å². The van der Waals surface area contributed by atoms with Crippen LogP contribution in [0.1, 0.15) is 31.3 Å². The van der Waals surface area contributed by atoms with Crippen LogP contribution < -0.4 is 0 Å². The van der Waals surface area contributed by atoms with E-state index < -0.39 is 0 Å². The van der Waals surface area contributed by atoms with Crippen LogP contribution in [-0.2, 0) is 22.6 Å². The van der Waals surface area contributed by atoms with Crippen LogP contribution in [0.15, 0.2) is 5.51 Å². The van der Waals surface area contributed by atoms with Crippen molar-refractivity contribution in [3.05, 3.63) is 16.1 Å². The highest BCUT2D eigenvalue weighted by Crippen LogP contribution is 2.31. The Kier molecular flexibility index (Phi) is 4.35. The maximum atomic E-state index is 8.12. The van der Waals surface area contributed by atoms with Crippen LogP contribution in [0.25, 0.3) is 0 Å². The summed E-state index contributed by atoms with van der Waals surface area (Å²) in [5.41, 5.74) is 3.58. The molecule has 0 saturated heterocycles. The fourth-order valence-corrected chi connectivity index (χ4v) is 3.00. The molecule has 5 heteroatoms. The van der Waals surface area contributed by atoms with Crippen molar-refractivity contribution < 1.29 is 9.59 Å². The maximum Gasteiger partial charge on any atom is 0.373 e. The van der Waals surface area contributed by atoms with Gasteiger partial charge in [0.15, 0.2) is 0 Å². The van der Waals surface area contributed by atoms with Crippen LogP contribution in [-0.4, -0.2) is 28.1 Å². The number of carbonyl (C=O) groups excluding carboxylic acids is 2. The lowest BCUT2D eigenvalue weighted by Crippen LogP contribution is -2.47. The van der Waals surface area contributed by atoms with Crippen LogP contribution in [0.3, 0.4) is 0 Å². The van der Waals surface area contributed by atoms with Crippen LogP contribution in [0.4, 0.5) is 0 Å². The Bertz CT molecular complexity index is 381. The van der Waals surface area contributed by atoms with Gasteiger partial charge in [0.1, 0.15) is 0 Å². The number of thiazole rings is 1. The van der Waals surface area contributed by atoms with E-state index in [0.717, 1.165) is 19.5 Å². The first-order valence-corrected chi connectivity index (χ1v) is 6.08. The molecule has 88 valence electrons. The number of hydrogen-bond acceptors (Lipinski definition) is 5. The summed E-state index contributed by atoms with van der Waals surface area (Å²) < 4.78 is 0. The molecule has 0 saturated carbocycles. The maximum absolute atomic E-state index is 8.12. The lowest BCUT2D eigenvalue weighted by Gasteiger charge is -2.41. The van der Waals surface area contributed by atoms with Gasteiger partial charge < -0.3 is 0 Å². The molecule has 16 heavy (non-hydrogen) atoms. The summed E-state index contributed by atoms with van der Waals surface area (Å²) in [6, 6.07) is 0. The molecule has 0 N–H and O–H groups in total. The second-order valence-corrected chi connectivity index (χ2v) is 5.25. The molecule has 0 bridgehead atoms. The lowest BCUT2D eigenvalue weighted by atomic mass is 9.92. The van der Waals surface area contributed by atoms with Gasteiger partial charge in [0.25, 0.3) is 0 Å². The Morgan fingerprint density at radius 2 is 2.19 bits per heavy atom. The van der Waals surface area contributed by atoms with Gasteiger partial charge in [-0.05, 0) is 20.4 Å². The van der Waals surface area contributed by atoms with Gasteiger partial charge in [0, 0.05) is 23.4 Å². The second-order valence-electron chi connectivity index (χ2n) is 4.31. The zero-order chi connectivity index (χ0) is 12.2. The molecule has 0 aromatic carbocycles. The first-order chi connectivity index (χ1) is 7.55. The van der Waals surface area contributed by atoms with Crippen LogP contribution in [0, 0.1) is 0 Å². The van der Waals surface area contributed by atoms with Crippen LogP contribution >= 0.6 is 11.3 Å². The molecule has 0 amide bonds. The van der Waals surface area contributed by atoms with Gasteiger partial charge in [0.2, 0.25) is 0 Å². The smallest absolute Gasteiger partial charge is 0.292 e. The van der Waals surface area contributed by atoms with Crippen molar-refractivity contribution >= 4 is 17.5 Å². The highest BCUT2D eigenvalue weighted by molar-refractivity contribution is 7.09. The van der Waals surface area contributed by atoms with E-state index in [1.807, 2.05) is 5.51 Å². The molecule has 1 aliphatic heterocycles. The van der Waals surface area contributed by atoms with Gasteiger partial charge in [-0.15, -0.1) is 11.3 Å². The molecule has 0 unspecified atom stereocenters. The van der Waals surface area contributed by atoms with Crippen molar-refractivity contribution in [3.63, 3.8) is 0 Å². The third-order valence-corrected chi connectivity index (χ3v) is 3.77. The predicted octanol–water partition coefficient (Wildman–Crippen LogP) is 1.72. The van der Waals surface area contributed by atoms with Crippen molar-refractivity contribution in [3.8, 4) is 0 Å². The Morgan fingerprint density at radius 1 is 1.56 bits per heavy atom. The Labute approximate surface area is 99.3 Å². The lowest BCUT2D eigenvalue weighted by molar-refractivity contribution is -0.191. The fraction of sp³-hybridized carbons (Fsp3) is 0.636. The average molecular weight is 240 g/mol. The Morgan fingerprint density at radius 3 is 2.75 bits per heavy atom. The molecule has 2 heterocycles. The first-order valence-electron chi connectivity index (χ1n) is 5.20. The molecule has 4 nitrogen and oxygen atoms in total. The van der Waals surface area contributed by atoms with Gasteiger partial charge in [-0.1, -0.05) is 6.92 Å². The minimum atomic E-state index is 0.250. The minimum absolute atomic E-state index is 0.250. The number of nitrogens with zero attached hydrogens (tertiary/aromatic N) is 2. The summed E-state index contributed by atoms with van der Waals surface area (Å²) in [4.78, 5) is 24.6. The van der Waals surface area contributed by atoms with Crippen LogP contribution in [0.2, 0.25) is 0 Å². The molecule has 1 aromatic rings. The van der Waals surface area contributed by atoms with E-state index in [9.17, 15) is 0 Å². The summed E-state index contributed by atoms with van der Waals surface area (Å²) in [6.07, 6.45) is 1.40. The third kappa shape index (κ3) is 2.76. The highest BCUT2D eigenvalue weighted by atomic mass is 32.1. The summed E-state index contributed by atoms with van der Waals surface area (Å²) in [5.74, 6) is 0.